The Kier molecular flexibility index (Phi) is 9.82. The summed E-state index contributed by atoms with van der Waals surface area (Å²) in [5, 5.41) is 12.4. The van der Waals surface area contributed by atoms with Gasteiger partial charge in [-0.25, -0.2) is 13.9 Å². The number of sulfonamides is 1. The third-order valence-electron chi connectivity index (χ3n) is 6.15. The SMILES string of the molecule is CC[C@H](C)[C@H](NS(=O)(=O)c1ccc(-c2ccc(Cl)cc2)cc1)C(=O)N[C@@H](Cc1ccccc1)C(=O)NO. The second-order valence-electron chi connectivity index (χ2n) is 8.74. The average molecular weight is 544 g/mol. The number of amides is 2. The zero-order chi connectivity index (χ0) is 27.0. The molecule has 0 saturated heterocycles. The van der Waals surface area contributed by atoms with Gasteiger partial charge in [-0.2, -0.15) is 4.72 Å². The summed E-state index contributed by atoms with van der Waals surface area (Å²) in [5.41, 5.74) is 4.02. The van der Waals surface area contributed by atoms with Gasteiger partial charge in [-0.15, -0.1) is 0 Å². The van der Waals surface area contributed by atoms with Crippen LogP contribution in [0.25, 0.3) is 11.1 Å². The van der Waals surface area contributed by atoms with Crippen molar-refractivity contribution in [3.8, 4) is 11.1 Å². The molecule has 3 atom stereocenters. The van der Waals surface area contributed by atoms with Crippen molar-refractivity contribution < 1.29 is 23.2 Å². The summed E-state index contributed by atoms with van der Waals surface area (Å²) in [6.45, 7) is 3.58. The monoisotopic (exact) mass is 543 g/mol. The average Bonchev–Trinajstić information content (AvgIpc) is 2.91. The lowest BCUT2D eigenvalue weighted by Gasteiger charge is -2.26. The molecule has 0 unspecified atom stereocenters. The van der Waals surface area contributed by atoms with E-state index in [1.54, 1.807) is 60.9 Å². The van der Waals surface area contributed by atoms with E-state index in [4.69, 9.17) is 11.6 Å². The van der Waals surface area contributed by atoms with Crippen molar-refractivity contribution in [2.75, 3.05) is 0 Å². The first-order valence-corrected chi connectivity index (χ1v) is 13.7. The van der Waals surface area contributed by atoms with Crippen molar-refractivity contribution in [1.82, 2.24) is 15.5 Å². The van der Waals surface area contributed by atoms with Crippen LogP contribution in [-0.4, -0.2) is 37.5 Å². The Morgan fingerprint density at radius 3 is 2.00 bits per heavy atom. The largest absolute Gasteiger partial charge is 0.342 e. The van der Waals surface area contributed by atoms with E-state index < -0.39 is 33.9 Å². The summed E-state index contributed by atoms with van der Waals surface area (Å²) in [4.78, 5) is 25.5. The number of benzene rings is 3. The number of nitrogens with one attached hydrogen (secondary N) is 3. The van der Waals surface area contributed by atoms with Crippen LogP contribution in [0.3, 0.4) is 0 Å². The van der Waals surface area contributed by atoms with Gasteiger partial charge < -0.3 is 5.32 Å². The van der Waals surface area contributed by atoms with Gasteiger partial charge in [0.25, 0.3) is 5.91 Å². The molecule has 0 aliphatic heterocycles. The van der Waals surface area contributed by atoms with Crippen LogP contribution in [0.5, 0.6) is 0 Å². The lowest BCUT2D eigenvalue weighted by Crippen LogP contribution is -2.56. The van der Waals surface area contributed by atoms with E-state index in [0.717, 1.165) is 16.7 Å². The maximum absolute atomic E-state index is 13.2. The molecule has 196 valence electrons. The minimum Gasteiger partial charge on any atom is -0.342 e. The van der Waals surface area contributed by atoms with E-state index in [0.29, 0.717) is 11.4 Å². The molecule has 3 aromatic carbocycles. The predicted molar refractivity (Wildman–Crippen MR) is 142 cm³/mol. The minimum absolute atomic E-state index is 0.000235. The maximum Gasteiger partial charge on any atom is 0.266 e. The maximum atomic E-state index is 13.2. The Bertz CT molecular complexity index is 1300. The molecule has 3 aromatic rings. The molecule has 0 bridgehead atoms. The Labute approximate surface area is 222 Å². The van der Waals surface area contributed by atoms with Gasteiger partial charge in [-0.3, -0.25) is 14.8 Å². The van der Waals surface area contributed by atoms with Crippen LogP contribution in [-0.2, 0) is 26.0 Å². The molecule has 0 spiro atoms. The van der Waals surface area contributed by atoms with E-state index in [-0.39, 0.29) is 17.2 Å². The number of rotatable bonds is 11. The van der Waals surface area contributed by atoms with E-state index in [1.165, 1.54) is 12.1 Å². The van der Waals surface area contributed by atoms with E-state index in [1.807, 2.05) is 25.1 Å². The quantitative estimate of drug-likeness (QED) is 0.215. The number of hydroxylamine groups is 1. The van der Waals surface area contributed by atoms with Crippen molar-refractivity contribution in [1.29, 1.82) is 0 Å². The van der Waals surface area contributed by atoms with Crippen molar-refractivity contribution in [2.45, 2.75) is 43.7 Å². The molecule has 0 aliphatic carbocycles. The normalized spacial score (nSPS) is 13.8. The second-order valence-corrected chi connectivity index (χ2v) is 10.9. The molecular weight excluding hydrogens is 514 g/mol. The fraction of sp³-hybridized carbons (Fsp3) is 0.259. The number of halogens is 1. The fourth-order valence-corrected chi connectivity index (χ4v) is 5.20. The van der Waals surface area contributed by atoms with Gasteiger partial charge in [0, 0.05) is 11.4 Å². The fourth-order valence-electron chi connectivity index (χ4n) is 3.77. The van der Waals surface area contributed by atoms with Gasteiger partial charge in [0.05, 0.1) is 4.90 Å². The standard InChI is InChI=1S/C27H30ClN3O5S/c1-3-18(2)25(27(33)29-24(26(32)30-34)17-19-7-5-4-6-8-19)31-37(35,36)23-15-11-21(12-16-23)20-9-13-22(28)14-10-20/h4-16,18,24-25,31,34H,3,17H2,1-2H3,(H,29,33)(H,30,32)/t18-,24-,25-/m0/s1. The van der Waals surface area contributed by atoms with Crippen molar-refractivity contribution in [3.63, 3.8) is 0 Å². The molecule has 2 amide bonds. The first-order valence-electron chi connectivity index (χ1n) is 11.8. The Morgan fingerprint density at radius 2 is 1.46 bits per heavy atom. The van der Waals surface area contributed by atoms with Crippen molar-refractivity contribution >= 4 is 33.4 Å². The van der Waals surface area contributed by atoms with Gasteiger partial charge in [0.2, 0.25) is 15.9 Å². The molecule has 10 heteroatoms. The molecule has 0 heterocycles. The van der Waals surface area contributed by atoms with Crippen molar-refractivity contribution in [3.05, 3.63) is 89.4 Å². The van der Waals surface area contributed by atoms with E-state index in [9.17, 15) is 23.2 Å². The van der Waals surface area contributed by atoms with Crippen LogP contribution in [0.2, 0.25) is 5.02 Å². The number of hydrogen-bond acceptors (Lipinski definition) is 5. The predicted octanol–water partition coefficient (Wildman–Crippen LogP) is 3.93. The molecule has 0 fully saturated rings. The van der Waals surface area contributed by atoms with E-state index in [2.05, 4.69) is 10.0 Å². The van der Waals surface area contributed by atoms with Gasteiger partial charge >= 0.3 is 0 Å². The third kappa shape index (κ3) is 7.62. The highest BCUT2D eigenvalue weighted by Gasteiger charge is 2.32. The molecule has 0 radical (unpaired) electrons. The van der Waals surface area contributed by atoms with Gasteiger partial charge in [-0.05, 0) is 46.9 Å². The summed E-state index contributed by atoms with van der Waals surface area (Å²) < 4.78 is 28.9. The molecule has 37 heavy (non-hydrogen) atoms. The van der Waals surface area contributed by atoms with Crippen LogP contribution in [0, 0.1) is 5.92 Å². The summed E-state index contributed by atoms with van der Waals surface area (Å²) in [7, 11) is -4.07. The second kappa shape index (κ2) is 12.8. The highest BCUT2D eigenvalue weighted by Crippen LogP contribution is 2.23. The number of hydrogen-bond donors (Lipinski definition) is 4. The molecule has 0 aromatic heterocycles. The van der Waals surface area contributed by atoms with Gasteiger partial charge in [0.15, 0.2) is 0 Å². The lowest BCUT2D eigenvalue weighted by atomic mass is 9.98. The van der Waals surface area contributed by atoms with Crippen LogP contribution < -0.4 is 15.5 Å². The zero-order valence-electron chi connectivity index (χ0n) is 20.5. The summed E-state index contributed by atoms with van der Waals surface area (Å²) in [6.07, 6.45) is 0.622. The molecule has 4 N–H and O–H groups in total. The Morgan fingerprint density at radius 1 is 0.892 bits per heavy atom. The minimum atomic E-state index is -4.07. The van der Waals surface area contributed by atoms with Crippen LogP contribution in [0.15, 0.2) is 83.8 Å². The summed E-state index contributed by atoms with van der Waals surface area (Å²) in [5.74, 6) is -1.85. The van der Waals surface area contributed by atoms with Crippen LogP contribution >= 0.6 is 11.6 Å². The molecule has 3 rings (SSSR count). The molecule has 8 nitrogen and oxygen atoms in total. The lowest BCUT2D eigenvalue weighted by molar-refractivity contribution is -0.135. The number of carbonyl (C=O) groups excluding carboxylic acids is 2. The first kappa shape index (κ1) is 28.3. The smallest absolute Gasteiger partial charge is 0.266 e. The molecule has 0 saturated carbocycles. The van der Waals surface area contributed by atoms with Crippen molar-refractivity contribution in [2.24, 2.45) is 5.92 Å². The first-order chi connectivity index (χ1) is 17.6. The van der Waals surface area contributed by atoms with Crippen LogP contribution in [0.4, 0.5) is 0 Å². The van der Waals surface area contributed by atoms with E-state index >= 15 is 0 Å². The van der Waals surface area contributed by atoms with Gasteiger partial charge in [0.1, 0.15) is 12.1 Å². The van der Waals surface area contributed by atoms with Crippen LogP contribution in [0.1, 0.15) is 25.8 Å². The number of carbonyl (C=O) groups is 2. The third-order valence-corrected chi connectivity index (χ3v) is 7.85. The highest BCUT2D eigenvalue weighted by molar-refractivity contribution is 7.89. The van der Waals surface area contributed by atoms with Gasteiger partial charge in [-0.1, -0.05) is 86.5 Å². The zero-order valence-corrected chi connectivity index (χ0v) is 22.1. The molecular formula is C27H30ClN3O5S. The summed E-state index contributed by atoms with van der Waals surface area (Å²) in [6, 6.07) is 20.2. The highest BCUT2D eigenvalue weighted by atomic mass is 35.5. The Hall–Kier alpha value is -3.24. The topological polar surface area (TPSA) is 125 Å². The molecule has 0 aliphatic rings. The summed E-state index contributed by atoms with van der Waals surface area (Å²) >= 11 is 5.94. The Balaban J connectivity index is 1.79.